The Balaban J connectivity index is 2.70. The van der Waals surface area contributed by atoms with Gasteiger partial charge >= 0.3 is 7.12 Å². The van der Waals surface area contributed by atoms with E-state index in [-0.39, 0.29) is 0 Å². The average Bonchev–Trinajstić information content (AvgIpc) is 2.60. The third kappa shape index (κ3) is 1.74. The number of fused-ring (bicyclic) bond motifs is 1. The summed E-state index contributed by atoms with van der Waals surface area (Å²) in [5.74, 6) is -0.516. The largest absolute Gasteiger partial charge is 0.499 e. The topological polar surface area (TPSA) is 83.6 Å². The van der Waals surface area contributed by atoms with Gasteiger partial charge in [-0.15, -0.1) is 11.3 Å². The van der Waals surface area contributed by atoms with Gasteiger partial charge in [-0.3, -0.25) is 4.79 Å². The number of hydrogen-bond acceptors (Lipinski definition) is 4. The molecular weight excluding hydrogens is 213 g/mol. The van der Waals surface area contributed by atoms with E-state index in [4.69, 9.17) is 15.8 Å². The number of nitrogens with two attached hydrogens (primary N) is 1. The molecule has 0 aliphatic heterocycles. The summed E-state index contributed by atoms with van der Waals surface area (Å²) in [5.41, 5.74) is 5.60. The van der Waals surface area contributed by atoms with Gasteiger partial charge in [-0.05, 0) is 18.2 Å². The first-order valence-electron chi connectivity index (χ1n) is 4.28. The summed E-state index contributed by atoms with van der Waals surface area (Å²) >= 11 is 1.23. The monoisotopic (exact) mass is 221 g/mol. The predicted molar refractivity (Wildman–Crippen MR) is 60.2 cm³/mol. The smallest absolute Gasteiger partial charge is 0.423 e. The first-order valence-corrected chi connectivity index (χ1v) is 5.09. The molecule has 0 aliphatic carbocycles. The molecule has 0 atom stereocenters. The highest BCUT2D eigenvalue weighted by molar-refractivity contribution is 7.27. The number of primary amides is 1. The van der Waals surface area contributed by atoms with Gasteiger partial charge in [-0.25, -0.2) is 0 Å². The highest BCUT2D eigenvalue weighted by Gasteiger charge is 2.17. The van der Waals surface area contributed by atoms with Crippen molar-refractivity contribution in [3.05, 3.63) is 29.8 Å². The van der Waals surface area contributed by atoms with Gasteiger partial charge in [0.15, 0.2) is 0 Å². The minimum atomic E-state index is -1.51. The third-order valence-electron chi connectivity index (χ3n) is 2.10. The number of carbonyl (C=O) groups excluding carboxylic acids is 1. The maximum atomic E-state index is 11.1. The van der Waals surface area contributed by atoms with E-state index in [1.807, 2.05) is 0 Å². The molecule has 4 N–H and O–H groups in total. The molecule has 1 heterocycles. The lowest BCUT2D eigenvalue weighted by Gasteiger charge is -1.95. The first kappa shape index (κ1) is 10.2. The van der Waals surface area contributed by atoms with Crippen LogP contribution >= 0.6 is 11.3 Å². The van der Waals surface area contributed by atoms with Crippen molar-refractivity contribution in [1.29, 1.82) is 0 Å². The van der Waals surface area contributed by atoms with Crippen LogP contribution < -0.4 is 10.5 Å². The lowest BCUT2D eigenvalue weighted by molar-refractivity contribution is 0.100. The second-order valence-electron chi connectivity index (χ2n) is 3.10. The number of rotatable bonds is 2. The van der Waals surface area contributed by atoms with Crippen molar-refractivity contribution in [2.75, 3.05) is 0 Å². The molecule has 0 saturated heterocycles. The van der Waals surface area contributed by atoms with Crippen molar-refractivity contribution in [2.24, 2.45) is 5.73 Å². The first-order chi connectivity index (χ1) is 7.09. The molecular formula is C9H8BNO3S. The van der Waals surface area contributed by atoms with Crippen molar-refractivity contribution in [1.82, 2.24) is 0 Å². The zero-order valence-electron chi connectivity index (χ0n) is 7.68. The fourth-order valence-corrected chi connectivity index (χ4v) is 2.38. The van der Waals surface area contributed by atoms with Crippen LogP contribution in [0.2, 0.25) is 0 Å². The zero-order valence-corrected chi connectivity index (χ0v) is 8.49. The Morgan fingerprint density at radius 1 is 1.40 bits per heavy atom. The maximum absolute atomic E-state index is 11.1. The molecule has 0 unspecified atom stereocenters. The standard InChI is InChI=1S/C9H8BNO3S/c11-9(12)5-2-1-3-7-6(5)4-8(15-7)10(13)14/h1-4,13-14H,(H2,11,12). The van der Waals surface area contributed by atoms with Crippen LogP contribution in [0.4, 0.5) is 0 Å². The van der Waals surface area contributed by atoms with Gasteiger partial charge in [0.05, 0.1) is 0 Å². The van der Waals surface area contributed by atoms with E-state index in [1.54, 1.807) is 24.3 Å². The number of carbonyl (C=O) groups is 1. The summed E-state index contributed by atoms with van der Waals surface area (Å²) in [7, 11) is -1.51. The van der Waals surface area contributed by atoms with Crippen LogP contribution in [-0.2, 0) is 0 Å². The summed E-state index contributed by atoms with van der Waals surface area (Å²) in [4.78, 5) is 11.1. The summed E-state index contributed by atoms with van der Waals surface area (Å²) in [5, 5.41) is 18.7. The average molecular weight is 221 g/mol. The molecule has 2 rings (SSSR count). The van der Waals surface area contributed by atoms with E-state index < -0.39 is 13.0 Å². The number of thiophene rings is 1. The lowest BCUT2D eigenvalue weighted by atomic mass is 9.89. The van der Waals surface area contributed by atoms with E-state index in [9.17, 15) is 4.79 Å². The van der Waals surface area contributed by atoms with Crippen molar-refractivity contribution in [2.45, 2.75) is 0 Å². The minimum absolute atomic E-state index is 0.399. The van der Waals surface area contributed by atoms with E-state index in [0.717, 1.165) is 4.70 Å². The molecule has 0 radical (unpaired) electrons. The van der Waals surface area contributed by atoms with Crippen LogP contribution in [-0.4, -0.2) is 23.1 Å². The second kappa shape index (κ2) is 3.65. The zero-order chi connectivity index (χ0) is 11.0. The Labute approximate surface area is 90.1 Å². The molecule has 1 amide bonds. The Morgan fingerprint density at radius 2 is 2.13 bits per heavy atom. The van der Waals surface area contributed by atoms with E-state index in [2.05, 4.69) is 0 Å². The second-order valence-corrected chi connectivity index (χ2v) is 4.22. The number of hydrogen-bond donors (Lipinski definition) is 3. The van der Waals surface area contributed by atoms with Crippen molar-refractivity contribution < 1.29 is 14.8 Å². The molecule has 6 heteroatoms. The summed E-state index contributed by atoms with van der Waals surface area (Å²) < 4.78 is 1.22. The molecule has 0 bridgehead atoms. The lowest BCUT2D eigenvalue weighted by Crippen LogP contribution is -2.26. The molecule has 1 aromatic carbocycles. The van der Waals surface area contributed by atoms with Gasteiger partial charge in [0.2, 0.25) is 5.91 Å². The normalized spacial score (nSPS) is 10.5. The van der Waals surface area contributed by atoms with Crippen LogP contribution in [0.1, 0.15) is 10.4 Å². The van der Waals surface area contributed by atoms with Crippen LogP contribution in [0.15, 0.2) is 24.3 Å². The fourth-order valence-electron chi connectivity index (χ4n) is 1.42. The molecule has 0 fully saturated rings. The molecule has 4 nitrogen and oxygen atoms in total. The van der Waals surface area contributed by atoms with Crippen molar-refractivity contribution in [3.63, 3.8) is 0 Å². The third-order valence-corrected chi connectivity index (χ3v) is 3.24. The van der Waals surface area contributed by atoms with Gasteiger partial charge in [0.1, 0.15) is 0 Å². The Hall–Kier alpha value is -1.37. The van der Waals surface area contributed by atoms with Crippen LogP contribution in [0, 0.1) is 0 Å². The molecule has 0 spiro atoms. The Bertz CT molecular complexity index is 523. The molecule has 1 aromatic heterocycles. The van der Waals surface area contributed by atoms with Crippen LogP contribution in [0.3, 0.4) is 0 Å². The fraction of sp³-hybridized carbons (Fsp3) is 0. The van der Waals surface area contributed by atoms with Gasteiger partial charge < -0.3 is 15.8 Å². The maximum Gasteiger partial charge on any atom is 0.499 e. The van der Waals surface area contributed by atoms with Crippen LogP contribution in [0.25, 0.3) is 10.1 Å². The predicted octanol–water partition coefficient (Wildman–Crippen LogP) is -0.320. The highest BCUT2D eigenvalue weighted by atomic mass is 32.1. The SMILES string of the molecule is NC(=O)c1cccc2sc(B(O)O)cc12. The van der Waals surface area contributed by atoms with Gasteiger partial charge in [-0.2, -0.15) is 0 Å². The minimum Gasteiger partial charge on any atom is -0.423 e. The number of amides is 1. The quantitative estimate of drug-likeness (QED) is 0.607. The Kier molecular flexibility index (Phi) is 2.48. The highest BCUT2D eigenvalue weighted by Crippen LogP contribution is 2.22. The van der Waals surface area contributed by atoms with Crippen LogP contribution in [0.5, 0.6) is 0 Å². The van der Waals surface area contributed by atoms with Crippen molar-refractivity contribution in [3.8, 4) is 0 Å². The molecule has 76 valence electrons. The summed E-state index contributed by atoms with van der Waals surface area (Å²) in [6.07, 6.45) is 0. The van der Waals surface area contributed by atoms with E-state index in [0.29, 0.717) is 15.7 Å². The summed E-state index contributed by atoms with van der Waals surface area (Å²) in [6.45, 7) is 0. The Morgan fingerprint density at radius 3 is 2.73 bits per heavy atom. The van der Waals surface area contributed by atoms with E-state index >= 15 is 0 Å². The molecule has 15 heavy (non-hydrogen) atoms. The molecule has 0 aliphatic rings. The van der Waals surface area contributed by atoms with Gasteiger partial charge in [0.25, 0.3) is 0 Å². The number of benzene rings is 1. The van der Waals surface area contributed by atoms with Gasteiger partial charge in [0, 0.05) is 20.4 Å². The van der Waals surface area contributed by atoms with Gasteiger partial charge in [-0.1, -0.05) is 6.07 Å². The van der Waals surface area contributed by atoms with E-state index in [1.165, 1.54) is 11.3 Å². The van der Waals surface area contributed by atoms with Crippen molar-refractivity contribution >= 4 is 39.2 Å². The molecule has 0 saturated carbocycles. The summed E-state index contributed by atoms with van der Waals surface area (Å²) in [6, 6.07) is 6.71. The molecule has 2 aromatic rings.